The highest BCUT2D eigenvalue weighted by Gasteiger charge is 2.44. The number of ether oxygens (including phenoxy) is 1. The van der Waals surface area contributed by atoms with Gasteiger partial charge in [0.15, 0.2) is 0 Å². The summed E-state index contributed by atoms with van der Waals surface area (Å²) < 4.78 is 5.96. The summed E-state index contributed by atoms with van der Waals surface area (Å²) in [5.74, 6) is 1.96. The van der Waals surface area contributed by atoms with Crippen molar-refractivity contribution >= 4 is 5.78 Å². The number of ketones is 1. The first-order valence-electron chi connectivity index (χ1n) is 6.93. The van der Waals surface area contributed by atoms with Crippen LogP contribution in [-0.2, 0) is 9.53 Å². The second-order valence-corrected chi connectivity index (χ2v) is 6.03. The van der Waals surface area contributed by atoms with E-state index in [2.05, 4.69) is 0 Å². The van der Waals surface area contributed by atoms with Gasteiger partial charge >= 0.3 is 0 Å². The average Bonchev–Trinajstić information content (AvgIpc) is 2.27. The quantitative estimate of drug-likeness (QED) is 0.681. The molecule has 90 valence electrons. The molecule has 2 saturated carbocycles. The lowest BCUT2D eigenvalue weighted by Crippen LogP contribution is -2.47. The van der Waals surface area contributed by atoms with Crippen LogP contribution >= 0.6 is 0 Å². The third-order valence-corrected chi connectivity index (χ3v) is 4.98. The van der Waals surface area contributed by atoms with Crippen molar-refractivity contribution in [2.75, 3.05) is 6.61 Å². The van der Waals surface area contributed by atoms with Gasteiger partial charge in [0, 0.05) is 19.4 Å². The predicted octanol–water partition coefficient (Wildman–Crippen LogP) is 3.10. The molecule has 0 aromatic carbocycles. The van der Waals surface area contributed by atoms with Gasteiger partial charge in [0.05, 0.1) is 5.60 Å². The molecule has 2 nitrogen and oxygen atoms in total. The highest BCUT2D eigenvalue weighted by atomic mass is 16.5. The monoisotopic (exact) mass is 222 g/mol. The summed E-state index contributed by atoms with van der Waals surface area (Å²) in [4.78, 5) is 11.5. The van der Waals surface area contributed by atoms with Crippen LogP contribution in [0.15, 0.2) is 0 Å². The predicted molar refractivity (Wildman–Crippen MR) is 62.2 cm³/mol. The Morgan fingerprint density at radius 1 is 1.12 bits per heavy atom. The van der Waals surface area contributed by atoms with Crippen LogP contribution in [0.5, 0.6) is 0 Å². The Morgan fingerprint density at radius 2 is 2.00 bits per heavy atom. The zero-order chi connectivity index (χ0) is 11.0. The molecule has 1 saturated heterocycles. The van der Waals surface area contributed by atoms with Gasteiger partial charge in [-0.15, -0.1) is 0 Å². The fourth-order valence-electron chi connectivity index (χ4n) is 3.85. The number of hydrogen-bond donors (Lipinski definition) is 0. The van der Waals surface area contributed by atoms with Crippen molar-refractivity contribution in [1.29, 1.82) is 0 Å². The topological polar surface area (TPSA) is 26.3 Å². The molecular formula is C14H22O2. The summed E-state index contributed by atoms with van der Waals surface area (Å²) in [5.41, 5.74) is 0.253. The number of carbonyl (C=O) groups is 1. The number of carbonyl (C=O) groups excluding carboxylic acids is 1. The van der Waals surface area contributed by atoms with Crippen LogP contribution in [0.3, 0.4) is 0 Å². The van der Waals surface area contributed by atoms with E-state index in [9.17, 15) is 4.79 Å². The lowest BCUT2D eigenvalue weighted by Gasteiger charge is -2.49. The summed E-state index contributed by atoms with van der Waals surface area (Å²) in [6.45, 7) is 0.940. The minimum absolute atomic E-state index is 0.253. The number of rotatable bonds is 1. The Labute approximate surface area is 97.7 Å². The normalized spacial score (nSPS) is 38.4. The van der Waals surface area contributed by atoms with E-state index in [-0.39, 0.29) is 5.60 Å². The molecule has 1 spiro atoms. The third-order valence-electron chi connectivity index (χ3n) is 4.98. The third kappa shape index (κ3) is 1.92. The van der Waals surface area contributed by atoms with Gasteiger partial charge < -0.3 is 4.74 Å². The van der Waals surface area contributed by atoms with Crippen molar-refractivity contribution in [3.63, 3.8) is 0 Å². The van der Waals surface area contributed by atoms with Crippen LogP contribution in [0.4, 0.5) is 0 Å². The Morgan fingerprint density at radius 3 is 2.69 bits per heavy atom. The first-order chi connectivity index (χ1) is 7.77. The Bertz CT molecular complexity index is 280. The van der Waals surface area contributed by atoms with Crippen molar-refractivity contribution in [2.24, 2.45) is 11.8 Å². The number of Topliss-reactive ketones (excluding diaryl/α,β-unsaturated/α-hetero) is 1. The van der Waals surface area contributed by atoms with Gasteiger partial charge in [0.25, 0.3) is 0 Å². The van der Waals surface area contributed by atoms with E-state index in [4.69, 9.17) is 4.74 Å². The van der Waals surface area contributed by atoms with Crippen molar-refractivity contribution in [3.8, 4) is 0 Å². The fraction of sp³-hybridized carbons (Fsp3) is 0.929. The van der Waals surface area contributed by atoms with E-state index >= 15 is 0 Å². The molecule has 16 heavy (non-hydrogen) atoms. The smallest absolute Gasteiger partial charge is 0.133 e. The summed E-state index contributed by atoms with van der Waals surface area (Å²) in [5, 5.41) is 0. The van der Waals surface area contributed by atoms with Gasteiger partial charge in [-0.1, -0.05) is 0 Å². The molecule has 0 radical (unpaired) electrons. The minimum Gasteiger partial charge on any atom is -0.375 e. The summed E-state index contributed by atoms with van der Waals surface area (Å²) in [6, 6.07) is 0. The lowest BCUT2D eigenvalue weighted by atomic mass is 9.66. The first-order valence-corrected chi connectivity index (χ1v) is 6.93. The van der Waals surface area contributed by atoms with E-state index in [0.29, 0.717) is 11.7 Å². The van der Waals surface area contributed by atoms with Crippen LogP contribution in [0, 0.1) is 11.8 Å². The SMILES string of the molecule is O=C1CCCC(C2CCOC3(CCC3)C2)C1. The van der Waals surface area contributed by atoms with Crippen molar-refractivity contribution in [3.05, 3.63) is 0 Å². The van der Waals surface area contributed by atoms with Crippen LogP contribution < -0.4 is 0 Å². The van der Waals surface area contributed by atoms with Crippen LogP contribution in [0.25, 0.3) is 0 Å². The molecule has 1 heterocycles. The number of hydrogen-bond acceptors (Lipinski definition) is 2. The van der Waals surface area contributed by atoms with Gasteiger partial charge in [-0.25, -0.2) is 0 Å². The molecule has 2 unspecified atom stereocenters. The van der Waals surface area contributed by atoms with E-state index in [1.54, 1.807) is 0 Å². The molecule has 0 N–H and O–H groups in total. The van der Waals surface area contributed by atoms with Crippen LogP contribution in [0.2, 0.25) is 0 Å². The van der Waals surface area contributed by atoms with Crippen LogP contribution in [0.1, 0.15) is 57.8 Å². The molecule has 3 fully saturated rings. The largest absolute Gasteiger partial charge is 0.375 e. The van der Waals surface area contributed by atoms with E-state index in [1.165, 1.54) is 38.5 Å². The zero-order valence-electron chi connectivity index (χ0n) is 10.0. The van der Waals surface area contributed by atoms with E-state index in [0.717, 1.165) is 31.8 Å². The molecule has 0 amide bonds. The van der Waals surface area contributed by atoms with Crippen molar-refractivity contribution < 1.29 is 9.53 Å². The van der Waals surface area contributed by atoms with Gasteiger partial charge in [0.2, 0.25) is 0 Å². The van der Waals surface area contributed by atoms with E-state index in [1.807, 2.05) is 0 Å². The Balaban J connectivity index is 1.63. The maximum Gasteiger partial charge on any atom is 0.133 e. The summed E-state index contributed by atoms with van der Waals surface area (Å²) in [7, 11) is 0. The molecule has 3 aliphatic rings. The zero-order valence-corrected chi connectivity index (χ0v) is 10.0. The van der Waals surface area contributed by atoms with Gasteiger partial charge in [-0.2, -0.15) is 0 Å². The maximum atomic E-state index is 11.5. The van der Waals surface area contributed by atoms with Gasteiger partial charge in [0.1, 0.15) is 5.78 Å². The maximum absolute atomic E-state index is 11.5. The van der Waals surface area contributed by atoms with Crippen LogP contribution in [-0.4, -0.2) is 18.0 Å². The second kappa shape index (κ2) is 4.14. The molecule has 2 aliphatic carbocycles. The average molecular weight is 222 g/mol. The molecule has 3 rings (SSSR count). The van der Waals surface area contributed by atoms with Crippen molar-refractivity contribution in [1.82, 2.24) is 0 Å². The summed E-state index contributed by atoms with van der Waals surface area (Å²) in [6.07, 6.45) is 10.4. The Hall–Kier alpha value is -0.370. The summed E-state index contributed by atoms with van der Waals surface area (Å²) >= 11 is 0. The standard InChI is InChI=1S/C14H22O2/c15-13-4-1-3-11(9-13)12-5-8-16-14(10-12)6-2-7-14/h11-12H,1-10H2. The van der Waals surface area contributed by atoms with Gasteiger partial charge in [-0.3, -0.25) is 4.79 Å². The second-order valence-electron chi connectivity index (χ2n) is 6.03. The minimum atomic E-state index is 0.253. The molecule has 2 atom stereocenters. The molecule has 2 heteroatoms. The highest BCUT2D eigenvalue weighted by Crippen LogP contribution is 2.47. The lowest BCUT2D eigenvalue weighted by molar-refractivity contribution is -0.153. The fourth-order valence-corrected chi connectivity index (χ4v) is 3.85. The van der Waals surface area contributed by atoms with Gasteiger partial charge in [-0.05, 0) is 56.8 Å². The van der Waals surface area contributed by atoms with E-state index < -0.39 is 0 Å². The molecular weight excluding hydrogens is 200 g/mol. The molecule has 0 aromatic rings. The highest BCUT2D eigenvalue weighted by molar-refractivity contribution is 5.79. The van der Waals surface area contributed by atoms with Crippen molar-refractivity contribution in [2.45, 2.75) is 63.4 Å². The molecule has 0 aromatic heterocycles. The Kier molecular flexibility index (Phi) is 2.78. The first kappa shape index (κ1) is 10.8. The molecule has 0 bridgehead atoms. The molecule has 1 aliphatic heterocycles.